The van der Waals surface area contributed by atoms with Crippen molar-refractivity contribution < 1.29 is 4.79 Å². The molecule has 3 rings (SSSR count). The highest BCUT2D eigenvalue weighted by Crippen LogP contribution is 2.15. The number of hydrogen-bond acceptors (Lipinski definition) is 8. The zero-order valence-corrected chi connectivity index (χ0v) is 15.2. The van der Waals surface area contributed by atoms with Crippen LogP contribution >= 0.6 is 0 Å². The lowest BCUT2D eigenvalue weighted by Gasteiger charge is -2.35. The zero-order valence-electron chi connectivity index (χ0n) is 15.2. The van der Waals surface area contributed by atoms with Gasteiger partial charge in [0.1, 0.15) is 0 Å². The first-order valence-corrected chi connectivity index (χ1v) is 8.67. The Bertz CT molecular complexity index is 698. The number of likely N-dealkylation sites (N-methyl/N-ethyl adjacent to an activating group) is 1. The van der Waals surface area contributed by atoms with Gasteiger partial charge in [-0.3, -0.25) is 4.79 Å². The van der Waals surface area contributed by atoms with Crippen LogP contribution in [0.15, 0.2) is 30.6 Å². The Morgan fingerprint density at radius 2 is 1.77 bits per heavy atom. The monoisotopic (exact) mass is 356 g/mol. The Kier molecular flexibility index (Phi) is 5.90. The van der Waals surface area contributed by atoms with Crippen LogP contribution in [0.5, 0.6) is 0 Å². The van der Waals surface area contributed by atoms with Crippen LogP contribution in [0.1, 0.15) is 10.5 Å². The predicted molar refractivity (Wildman–Crippen MR) is 99.4 cm³/mol. The molecule has 2 aromatic heterocycles. The maximum Gasteiger partial charge on any atom is 0.271 e. The number of nitrogens with one attached hydrogen (secondary N) is 1. The number of amides is 1. The maximum atomic E-state index is 12.0. The molecule has 9 nitrogen and oxygen atoms in total. The Labute approximate surface area is 153 Å². The normalized spacial score (nSPS) is 14.6. The first-order valence-electron chi connectivity index (χ1n) is 8.67. The van der Waals surface area contributed by atoms with Gasteiger partial charge >= 0.3 is 0 Å². The number of piperazine rings is 1. The molecule has 0 unspecified atom stereocenters. The van der Waals surface area contributed by atoms with Crippen molar-refractivity contribution in [1.29, 1.82) is 0 Å². The smallest absolute Gasteiger partial charge is 0.271 e. The fraction of sp³-hybridized carbons (Fsp3) is 0.471. The van der Waals surface area contributed by atoms with Gasteiger partial charge in [-0.15, -0.1) is 10.2 Å². The minimum atomic E-state index is -0.197. The Morgan fingerprint density at radius 3 is 2.38 bits per heavy atom. The standard InChI is InChI=1S/C17H24N8O/c1-23(2)9-8-18-16(26)14-4-5-15(22-21-14)24-10-12-25(13-11-24)17-19-6-3-7-20-17/h3-7H,8-13H2,1-2H3,(H,18,26). The molecule has 1 aliphatic heterocycles. The first kappa shape index (κ1) is 18.0. The average molecular weight is 356 g/mol. The summed E-state index contributed by atoms with van der Waals surface area (Å²) in [6.45, 7) is 4.62. The van der Waals surface area contributed by atoms with E-state index in [4.69, 9.17) is 0 Å². The van der Waals surface area contributed by atoms with Gasteiger partial charge in [0.15, 0.2) is 11.5 Å². The van der Waals surface area contributed by atoms with Crippen molar-refractivity contribution in [1.82, 2.24) is 30.4 Å². The average Bonchev–Trinajstić information content (AvgIpc) is 2.68. The quantitative estimate of drug-likeness (QED) is 0.766. The van der Waals surface area contributed by atoms with E-state index in [0.29, 0.717) is 12.2 Å². The number of hydrogen-bond donors (Lipinski definition) is 1. The zero-order chi connectivity index (χ0) is 18.4. The van der Waals surface area contributed by atoms with Crippen LogP contribution in [0.2, 0.25) is 0 Å². The Morgan fingerprint density at radius 1 is 1.08 bits per heavy atom. The predicted octanol–water partition coefficient (Wildman–Crippen LogP) is -0.115. The lowest BCUT2D eigenvalue weighted by Crippen LogP contribution is -2.47. The molecule has 0 spiro atoms. The molecule has 1 amide bonds. The van der Waals surface area contributed by atoms with Gasteiger partial charge in [0.2, 0.25) is 5.95 Å². The van der Waals surface area contributed by atoms with Gasteiger partial charge in [0.05, 0.1) is 0 Å². The molecule has 0 saturated carbocycles. The summed E-state index contributed by atoms with van der Waals surface area (Å²) in [4.78, 5) is 26.9. The van der Waals surface area contributed by atoms with Crippen LogP contribution in [-0.4, -0.2) is 84.3 Å². The van der Waals surface area contributed by atoms with E-state index in [2.05, 4.69) is 35.3 Å². The number of rotatable bonds is 6. The molecule has 3 heterocycles. The Balaban J connectivity index is 1.52. The largest absolute Gasteiger partial charge is 0.352 e. The third-order valence-electron chi connectivity index (χ3n) is 4.17. The molecule has 0 aromatic carbocycles. The highest BCUT2D eigenvalue weighted by Gasteiger charge is 2.20. The molecule has 1 N–H and O–H groups in total. The van der Waals surface area contributed by atoms with E-state index in [1.165, 1.54) is 0 Å². The molecule has 1 saturated heterocycles. The molecular formula is C17H24N8O. The van der Waals surface area contributed by atoms with Crippen LogP contribution in [0.4, 0.5) is 11.8 Å². The van der Waals surface area contributed by atoms with E-state index in [1.54, 1.807) is 18.5 Å². The molecule has 0 aliphatic carbocycles. The van der Waals surface area contributed by atoms with Crippen LogP contribution in [-0.2, 0) is 0 Å². The lowest BCUT2D eigenvalue weighted by molar-refractivity contribution is 0.0945. The molecule has 1 fully saturated rings. The molecular weight excluding hydrogens is 332 g/mol. The third-order valence-corrected chi connectivity index (χ3v) is 4.17. The molecule has 0 bridgehead atoms. The summed E-state index contributed by atoms with van der Waals surface area (Å²) < 4.78 is 0. The topological polar surface area (TPSA) is 90.4 Å². The minimum absolute atomic E-state index is 0.197. The summed E-state index contributed by atoms with van der Waals surface area (Å²) >= 11 is 0. The number of nitrogens with zero attached hydrogens (tertiary/aromatic N) is 7. The van der Waals surface area contributed by atoms with Gasteiger partial charge in [0.25, 0.3) is 5.91 Å². The second-order valence-corrected chi connectivity index (χ2v) is 6.36. The van der Waals surface area contributed by atoms with Crippen LogP contribution in [0, 0.1) is 0 Å². The molecule has 26 heavy (non-hydrogen) atoms. The first-order chi connectivity index (χ1) is 12.6. The fourth-order valence-corrected chi connectivity index (χ4v) is 2.69. The van der Waals surface area contributed by atoms with Crippen molar-refractivity contribution in [2.45, 2.75) is 0 Å². The second-order valence-electron chi connectivity index (χ2n) is 6.36. The van der Waals surface area contributed by atoms with E-state index >= 15 is 0 Å². The van der Waals surface area contributed by atoms with Crippen molar-refractivity contribution in [2.24, 2.45) is 0 Å². The van der Waals surface area contributed by atoms with Crippen molar-refractivity contribution >= 4 is 17.7 Å². The summed E-state index contributed by atoms with van der Waals surface area (Å²) in [7, 11) is 3.93. The van der Waals surface area contributed by atoms with Gasteiger partial charge in [-0.25, -0.2) is 9.97 Å². The summed E-state index contributed by atoms with van der Waals surface area (Å²) in [6, 6.07) is 5.39. The second kappa shape index (κ2) is 8.52. The molecule has 2 aromatic rings. The van der Waals surface area contributed by atoms with Gasteiger partial charge in [-0.2, -0.15) is 0 Å². The molecule has 0 atom stereocenters. The van der Waals surface area contributed by atoms with Crippen molar-refractivity contribution in [3.63, 3.8) is 0 Å². The van der Waals surface area contributed by atoms with E-state index in [9.17, 15) is 4.79 Å². The SMILES string of the molecule is CN(C)CCNC(=O)c1ccc(N2CCN(c3ncccn3)CC2)nn1. The summed E-state index contributed by atoms with van der Waals surface area (Å²) in [5, 5.41) is 11.1. The highest BCUT2D eigenvalue weighted by molar-refractivity contribution is 5.92. The third kappa shape index (κ3) is 4.63. The number of carbonyl (C=O) groups excluding carboxylic acids is 1. The van der Waals surface area contributed by atoms with Crippen molar-refractivity contribution in [2.75, 3.05) is 63.2 Å². The number of carbonyl (C=O) groups is 1. The van der Waals surface area contributed by atoms with E-state index in [0.717, 1.165) is 44.5 Å². The van der Waals surface area contributed by atoms with E-state index < -0.39 is 0 Å². The van der Waals surface area contributed by atoms with Crippen LogP contribution in [0.25, 0.3) is 0 Å². The molecule has 1 aliphatic rings. The molecule has 9 heteroatoms. The summed E-state index contributed by atoms with van der Waals surface area (Å²) in [5.74, 6) is 1.34. The molecule has 138 valence electrons. The van der Waals surface area contributed by atoms with E-state index in [1.807, 2.05) is 31.1 Å². The van der Waals surface area contributed by atoms with Gasteiger partial charge in [-0.1, -0.05) is 0 Å². The van der Waals surface area contributed by atoms with Crippen LogP contribution in [0.3, 0.4) is 0 Å². The fourth-order valence-electron chi connectivity index (χ4n) is 2.69. The maximum absolute atomic E-state index is 12.0. The van der Waals surface area contributed by atoms with Crippen molar-refractivity contribution in [3.8, 4) is 0 Å². The lowest BCUT2D eigenvalue weighted by atomic mass is 10.3. The number of anilines is 2. The van der Waals surface area contributed by atoms with Gasteiger partial charge in [-0.05, 0) is 32.3 Å². The van der Waals surface area contributed by atoms with Gasteiger partial charge < -0.3 is 20.0 Å². The van der Waals surface area contributed by atoms with Crippen molar-refractivity contribution in [3.05, 3.63) is 36.3 Å². The Hall–Kier alpha value is -2.81. The minimum Gasteiger partial charge on any atom is -0.352 e. The highest BCUT2D eigenvalue weighted by atomic mass is 16.1. The van der Waals surface area contributed by atoms with Gasteiger partial charge in [0, 0.05) is 51.7 Å². The molecule has 0 radical (unpaired) electrons. The number of aromatic nitrogens is 4. The summed E-state index contributed by atoms with van der Waals surface area (Å²) in [6.07, 6.45) is 3.50. The summed E-state index contributed by atoms with van der Waals surface area (Å²) in [5.41, 5.74) is 0.337. The van der Waals surface area contributed by atoms with E-state index in [-0.39, 0.29) is 5.91 Å². The van der Waals surface area contributed by atoms with Crippen LogP contribution < -0.4 is 15.1 Å².